The van der Waals surface area contributed by atoms with Crippen molar-refractivity contribution in [3.63, 3.8) is 0 Å². The van der Waals surface area contributed by atoms with Crippen LogP contribution in [0.5, 0.6) is 0 Å². The number of hydrogen-bond acceptors (Lipinski definition) is 2. The highest BCUT2D eigenvalue weighted by Gasteiger charge is 2.20. The average Bonchev–Trinajstić information content (AvgIpc) is 2.82. The molecule has 0 saturated carbocycles. The Morgan fingerprint density at radius 2 is 2.00 bits per heavy atom. The molecule has 2 heterocycles. The first-order valence-corrected chi connectivity index (χ1v) is 7.08. The summed E-state index contributed by atoms with van der Waals surface area (Å²) in [6.45, 7) is 4.63. The second-order valence-electron chi connectivity index (χ2n) is 5.57. The molecule has 0 aliphatic carbocycles. The van der Waals surface area contributed by atoms with E-state index in [-0.39, 0.29) is 0 Å². The molecular weight excluding hydrogens is 234 g/mol. The Kier molecular flexibility index (Phi) is 3.28. The highest BCUT2D eigenvalue weighted by atomic mass is 15.4. The molecule has 0 bridgehead atoms. The van der Waals surface area contributed by atoms with Crippen molar-refractivity contribution >= 4 is 5.82 Å². The van der Waals surface area contributed by atoms with Crippen LogP contribution >= 0.6 is 0 Å². The normalized spacial score (nSPS) is 19.7. The van der Waals surface area contributed by atoms with Gasteiger partial charge in [0.15, 0.2) is 0 Å². The maximum atomic E-state index is 4.66. The zero-order valence-electron chi connectivity index (χ0n) is 11.7. The van der Waals surface area contributed by atoms with Crippen LogP contribution in [-0.4, -0.2) is 22.9 Å². The first-order chi connectivity index (χ1) is 9.24. The summed E-state index contributed by atoms with van der Waals surface area (Å²) < 4.78 is 2.01. The van der Waals surface area contributed by atoms with Gasteiger partial charge in [-0.15, -0.1) is 0 Å². The second kappa shape index (κ2) is 5.08. The van der Waals surface area contributed by atoms with Crippen LogP contribution in [0.3, 0.4) is 0 Å². The molecule has 1 aromatic heterocycles. The summed E-state index contributed by atoms with van der Waals surface area (Å²) in [5, 5.41) is 4.66. The molecule has 1 aliphatic rings. The van der Waals surface area contributed by atoms with E-state index in [2.05, 4.69) is 47.3 Å². The largest absolute Gasteiger partial charge is 0.357 e. The van der Waals surface area contributed by atoms with Crippen LogP contribution in [0.1, 0.15) is 19.8 Å². The van der Waals surface area contributed by atoms with Gasteiger partial charge in [0.2, 0.25) is 0 Å². The molecule has 0 radical (unpaired) electrons. The van der Waals surface area contributed by atoms with E-state index in [0.29, 0.717) is 0 Å². The van der Waals surface area contributed by atoms with E-state index in [9.17, 15) is 0 Å². The molecule has 1 saturated heterocycles. The molecule has 1 fully saturated rings. The zero-order chi connectivity index (χ0) is 13.2. The molecule has 1 atom stereocenters. The Labute approximate surface area is 114 Å². The van der Waals surface area contributed by atoms with E-state index in [4.69, 9.17) is 0 Å². The minimum absolute atomic E-state index is 0.781. The summed E-state index contributed by atoms with van der Waals surface area (Å²) >= 11 is 0. The van der Waals surface area contributed by atoms with Gasteiger partial charge in [-0.3, -0.25) is 4.68 Å². The minimum atomic E-state index is 0.781. The summed E-state index contributed by atoms with van der Waals surface area (Å²) in [4.78, 5) is 2.47. The van der Waals surface area contributed by atoms with E-state index < -0.39 is 0 Å². The number of piperidine rings is 1. The zero-order valence-corrected chi connectivity index (χ0v) is 11.7. The van der Waals surface area contributed by atoms with Crippen LogP contribution in [0.25, 0.3) is 11.3 Å². The smallest absolute Gasteiger partial charge is 0.127 e. The Morgan fingerprint density at radius 3 is 2.74 bits per heavy atom. The monoisotopic (exact) mass is 255 g/mol. The minimum Gasteiger partial charge on any atom is -0.357 e. The summed E-state index contributed by atoms with van der Waals surface area (Å²) in [5.41, 5.74) is 2.26. The van der Waals surface area contributed by atoms with E-state index in [1.54, 1.807) is 0 Å². The molecule has 3 rings (SSSR count). The molecule has 1 aromatic carbocycles. The first kappa shape index (κ1) is 12.3. The van der Waals surface area contributed by atoms with Gasteiger partial charge in [0.1, 0.15) is 5.82 Å². The predicted molar refractivity (Wildman–Crippen MR) is 79.3 cm³/mol. The Hall–Kier alpha value is -1.77. The van der Waals surface area contributed by atoms with Crippen molar-refractivity contribution in [1.82, 2.24) is 9.78 Å². The van der Waals surface area contributed by atoms with Gasteiger partial charge in [0.05, 0.1) is 5.69 Å². The molecule has 0 amide bonds. The van der Waals surface area contributed by atoms with E-state index in [1.165, 1.54) is 24.2 Å². The second-order valence-corrected chi connectivity index (χ2v) is 5.57. The van der Waals surface area contributed by atoms with Crippen molar-refractivity contribution in [2.45, 2.75) is 19.8 Å². The van der Waals surface area contributed by atoms with E-state index in [1.807, 2.05) is 17.8 Å². The molecule has 0 spiro atoms. The lowest BCUT2D eigenvalue weighted by Crippen LogP contribution is -2.35. The number of nitrogens with zero attached hydrogens (tertiary/aromatic N) is 3. The molecule has 3 heteroatoms. The molecular formula is C16H21N3. The molecule has 3 nitrogen and oxygen atoms in total. The van der Waals surface area contributed by atoms with Crippen molar-refractivity contribution in [3.8, 4) is 11.3 Å². The third-order valence-electron chi connectivity index (χ3n) is 3.91. The fourth-order valence-electron chi connectivity index (χ4n) is 2.90. The number of benzene rings is 1. The van der Waals surface area contributed by atoms with Gasteiger partial charge < -0.3 is 4.90 Å². The Balaban J connectivity index is 1.89. The third-order valence-corrected chi connectivity index (χ3v) is 3.91. The first-order valence-electron chi connectivity index (χ1n) is 7.08. The maximum absolute atomic E-state index is 4.66. The standard InChI is InChI=1S/C16H21N3/c1-13-7-6-10-19(12-13)16-11-15(17-18(16)2)14-8-4-3-5-9-14/h3-5,8-9,11,13H,6-7,10,12H2,1-2H3. The number of anilines is 1. The number of aromatic nitrogens is 2. The van der Waals surface area contributed by atoms with Gasteiger partial charge in [-0.1, -0.05) is 37.3 Å². The maximum Gasteiger partial charge on any atom is 0.127 e. The van der Waals surface area contributed by atoms with Gasteiger partial charge in [-0.2, -0.15) is 5.10 Å². The SMILES string of the molecule is CC1CCCN(c2cc(-c3ccccc3)nn2C)C1. The van der Waals surface area contributed by atoms with Crippen molar-refractivity contribution < 1.29 is 0 Å². The molecule has 1 unspecified atom stereocenters. The predicted octanol–water partition coefficient (Wildman–Crippen LogP) is 3.32. The van der Waals surface area contributed by atoms with Crippen LogP contribution in [0.4, 0.5) is 5.82 Å². The average molecular weight is 255 g/mol. The topological polar surface area (TPSA) is 21.1 Å². The van der Waals surface area contributed by atoms with Crippen molar-refractivity contribution in [2.75, 3.05) is 18.0 Å². The van der Waals surface area contributed by atoms with Crippen LogP contribution in [-0.2, 0) is 7.05 Å². The third kappa shape index (κ3) is 2.50. The van der Waals surface area contributed by atoms with Crippen LogP contribution in [0, 0.1) is 5.92 Å². The summed E-state index contributed by atoms with van der Waals surface area (Å²) in [5.74, 6) is 2.02. The van der Waals surface area contributed by atoms with Crippen LogP contribution in [0.15, 0.2) is 36.4 Å². The highest BCUT2D eigenvalue weighted by molar-refractivity contribution is 5.63. The molecule has 0 N–H and O–H groups in total. The lowest BCUT2D eigenvalue weighted by atomic mass is 10.0. The lowest BCUT2D eigenvalue weighted by Gasteiger charge is -2.32. The summed E-state index contributed by atoms with van der Waals surface area (Å²) in [6.07, 6.45) is 2.63. The van der Waals surface area contributed by atoms with Crippen LogP contribution in [0.2, 0.25) is 0 Å². The quantitative estimate of drug-likeness (QED) is 0.820. The fourth-order valence-corrected chi connectivity index (χ4v) is 2.90. The van der Waals surface area contributed by atoms with Crippen molar-refractivity contribution in [3.05, 3.63) is 36.4 Å². The number of aryl methyl sites for hydroxylation is 1. The molecule has 1 aliphatic heterocycles. The summed E-state index contributed by atoms with van der Waals surface area (Å²) in [7, 11) is 2.04. The Morgan fingerprint density at radius 1 is 1.21 bits per heavy atom. The number of rotatable bonds is 2. The van der Waals surface area contributed by atoms with Gasteiger partial charge in [0.25, 0.3) is 0 Å². The summed E-state index contributed by atoms with van der Waals surface area (Å²) in [6, 6.07) is 12.6. The van der Waals surface area contributed by atoms with E-state index >= 15 is 0 Å². The lowest BCUT2D eigenvalue weighted by molar-refractivity contribution is 0.440. The van der Waals surface area contributed by atoms with Crippen LogP contribution < -0.4 is 4.90 Å². The van der Waals surface area contributed by atoms with Gasteiger partial charge in [-0.05, 0) is 18.8 Å². The van der Waals surface area contributed by atoms with E-state index in [0.717, 1.165) is 24.7 Å². The molecule has 2 aromatic rings. The van der Waals surface area contributed by atoms with Crippen molar-refractivity contribution in [1.29, 1.82) is 0 Å². The van der Waals surface area contributed by atoms with Gasteiger partial charge >= 0.3 is 0 Å². The molecule has 100 valence electrons. The van der Waals surface area contributed by atoms with Crippen molar-refractivity contribution in [2.24, 2.45) is 13.0 Å². The van der Waals surface area contributed by atoms with Gasteiger partial charge in [0, 0.05) is 31.8 Å². The Bertz CT molecular complexity index is 544. The van der Waals surface area contributed by atoms with Gasteiger partial charge in [-0.25, -0.2) is 0 Å². The number of hydrogen-bond donors (Lipinski definition) is 0. The highest BCUT2D eigenvalue weighted by Crippen LogP contribution is 2.27. The molecule has 19 heavy (non-hydrogen) atoms. The fraction of sp³-hybridized carbons (Fsp3) is 0.438.